The third kappa shape index (κ3) is 6.78. The summed E-state index contributed by atoms with van der Waals surface area (Å²) in [5, 5.41) is 9.34. The number of hydrogen-bond donors (Lipinski definition) is 3. The highest BCUT2D eigenvalue weighted by molar-refractivity contribution is 7.89. The second-order valence-electron chi connectivity index (χ2n) is 9.91. The molecular formula is C23H31N9O4S. The molecule has 0 unspecified atom stereocenters. The summed E-state index contributed by atoms with van der Waals surface area (Å²) in [6, 6.07) is 4.39. The molecule has 1 fully saturated rings. The Morgan fingerprint density at radius 3 is 2.49 bits per heavy atom. The lowest BCUT2D eigenvalue weighted by Gasteiger charge is -2.32. The summed E-state index contributed by atoms with van der Waals surface area (Å²) >= 11 is 0. The first-order chi connectivity index (χ1) is 17.4. The number of piperazine rings is 1. The predicted octanol–water partition coefficient (Wildman–Crippen LogP) is 0.764. The van der Waals surface area contributed by atoms with Crippen LogP contribution in [0.25, 0.3) is 16.8 Å². The third-order valence-electron chi connectivity index (χ3n) is 5.61. The average Bonchev–Trinajstić information content (AvgIpc) is 3.23. The molecule has 0 atom stereocenters. The summed E-state index contributed by atoms with van der Waals surface area (Å²) in [7, 11) is -1.75. The number of nitrogens with zero attached hydrogens (tertiary/aromatic N) is 6. The minimum absolute atomic E-state index is 0.0451. The SMILES string of the molecule is CN1CCN(C(=O)CNC(=O)Nc2nc3ccc(-c4cncc(S(=O)(=O)NC(C)(C)C)c4)cn3n2)CC1. The summed E-state index contributed by atoms with van der Waals surface area (Å²) < 4.78 is 29.5. The van der Waals surface area contributed by atoms with E-state index in [2.05, 4.69) is 35.3 Å². The molecule has 3 aromatic heterocycles. The van der Waals surface area contributed by atoms with Gasteiger partial charge in [0.2, 0.25) is 15.9 Å². The van der Waals surface area contributed by atoms with Crippen molar-refractivity contribution in [2.45, 2.75) is 31.2 Å². The van der Waals surface area contributed by atoms with E-state index < -0.39 is 21.6 Å². The van der Waals surface area contributed by atoms with Gasteiger partial charge in [0.15, 0.2) is 5.65 Å². The molecule has 1 saturated heterocycles. The van der Waals surface area contributed by atoms with Gasteiger partial charge in [-0.2, -0.15) is 4.98 Å². The topological polar surface area (TPSA) is 154 Å². The number of carbonyl (C=O) groups excluding carboxylic acids is 2. The number of fused-ring (bicyclic) bond motifs is 1. The Hall–Kier alpha value is -3.62. The molecule has 37 heavy (non-hydrogen) atoms. The standard InChI is InChI=1S/C23H31N9O4S/c1-23(2,3)29-37(35,36)18-11-17(12-24-13-18)16-5-6-19-26-21(28-32(19)15-16)27-22(34)25-14-20(33)31-9-7-30(4)8-10-31/h5-6,11-13,15,29H,7-10,14H2,1-4H3,(H2,25,27,28,34). The van der Waals surface area contributed by atoms with E-state index in [0.29, 0.717) is 29.9 Å². The third-order valence-corrected chi connectivity index (χ3v) is 7.33. The van der Waals surface area contributed by atoms with E-state index in [9.17, 15) is 18.0 Å². The van der Waals surface area contributed by atoms with Gasteiger partial charge in [-0.3, -0.25) is 15.1 Å². The molecule has 0 saturated carbocycles. The maximum atomic E-state index is 12.7. The van der Waals surface area contributed by atoms with Crippen LogP contribution in [0.5, 0.6) is 0 Å². The summed E-state index contributed by atoms with van der Waals surface area (Å²) in [5.74, 6) is -0.0862. The summed E-state index contributed by atoms with van der Waals surface area (Å²) in [5.41, 5.74) is 1.07. The number of pyridine rings is 2. The van der Waals surface area contributed by atoms with Crippen molar-refractivity contribution < 1.29 is 18.0 Å². The maximum Gasteiger partial charge on any atom is 0.322 e. The van der Waals surface area contributed by atoms with Gasteiger partial charge in [0.1, 0.15) is 4.90 Å². The zero-order chi connectivity index (χ0) is 26.8. The molecule has 13 nitrogen and oxygen atoms in total. The Bertz CT molecular complexity index is 1410. The van der Waals surface area contributed by atoms with Gasteiger partial charge in [-0.25, -0.2) is 22.4 Å². The van der Waals surface area contributed by atoms with Crippen LogP contribution >= 0.6 is 0 Å². The van der Waals surface area contributed by atoms with Gasteiger partial charge in [-0.1, -0.05) is 0 Å². The van der Waals surface area contributed by atoms with Gasteiger partial charge in [-0.15, -0.1) is 5.10 Å². The van der Waals surface area contributed by atoms with Gasteiger partial charge in [0.05, 0.1) is 6.54 Å². The molecule has 0 radical (unpaired) electrons. The lowest BCUT2D eigenvalue weighted by Crippen LogP contribution is -2.50. The lowest BCUT2D eigenvalue weighted by molar-refractivity contribution is -0.131. The number of aromatic nitrogens is 4. The van der Waals surface area contributed by atoms with E-state index in [1.807, 2.05) is 7.05 Å². The molecule has 4 heterocycles. The fourth-order valence-corrected chi connectivity index (χ4v) is 5.17. The molecule has 3 N–H and O–H groups in total. The monoisotopic (exact) mass is 529 g/mol. The summed E-state index contributed by atoms with van der Waals surface area (Å²) in [6.07, 6.45) is 4.51. The zero-order valence-electron chi connectivity index (χ0n) is 21.2. The molecule has 3 amide bonds. The first kappa shape index (κ1) is 26.4. The van der Waals surface area contributed by atoms with Gasteiger partial charge in [0.25, 0.3) is 5.95 Å². The van der Waals surface area contributed by atoms with Crippen molar-refractivity contribution in [3.8, 4) is 11.1 Å². The van der Waals surface area contributed by atoms with Crippen molar-refractivity contribution in [3.63, 3.8) is 0 Å². The van der Waals surface area contributed by atoms with Crippen LogP contribution in [0.15, 0.2) is 41.7 Å². The highest BCUT2D eigenvalue weighted by Gasteiger charge is 2.23. The maximum absolute atomic E-state index is 12.7. The number of carbonyl (C=O) groups is 2. The van der Waals surface area contributed by atoms with Crippen LogP contribution in [0.2, 0.25) is 0 Å². The Morgan fingerprint density at radius 2 is 1.78 bits per heavy atom. The largest absolute Gasteiger partial charge is 0.339 e. The number of anilines is 1. The average molecular weight is 530 g/mol. The Morgan fingerprint density at radius 1 is 1.05 bits per heavy atom. The van der Waals surface area contributed by atoms with Crippen LogP contribution in [0, 0.1) is 0 Å². The highest BCUT2D eigenvalue weighted by Crippen LogP contribution is 2.23. The van der Waals surface area contributed by atoms with E-state index in [4.69, 9.17) is 0 Å². The van der Waals surface area contributed by atoms with Crippen molar-refractivity contribution in [2.24, 2.45) is 0 Å². The first-order valence-electron chi connectivity index (χ1n) is 11.8. The second kappa shape index (κ2) is 10.4. The smallest absolute Gasteiger partial charge is 0.322 e. The molecule has 0 bridgehead atoms. The van der Waals surface area contributed by atoms with E-state index in [-0.39, 0.29) is 23.3 Å². The van der Waals surface area contributed by atoms with Crippen LogP contribution in [-0.4, -0.2) is 95.0 Å². The molecule has 3 aromatic rings. The lowest BCUT2D eigenvalue weighted by atomic mass is 10.1. The number of urea groups is 1. The molecule has 198 valence electrons. The van der Waals surface area contributed by atoms with Crippen molar-refractivity contribution in [1.29, 1.82) is 0 Å². The van der Waals surface area contributed by atoms with Crippen molar-refractivity contribution >= 4 is 33.6 Å². The van der Waals surface area contributed by atoms with Crippen molar-refractivity contribution in [2.75, 3.05) is 45.1 Å². The Balaban J connectivity index is 1.42. The van der Waals surface area contributed by atoms with Crippen molar-refractivity contribution in [1.82, 2.24) is 39.4 Å². The van der Waals surface area contributed by atoms with E-state index in [1.54, 1.807) is 50.2 Å². The minimum Gasteiger partial charge on any atom is -0.339 e. The highest BCUT2D eigenvalue weighted by atomic mass is 32.2. The molecule has 0 aliphatic carbocycles. The van der Waals surface area contributed by atoms with Crippen molar-refractivity contribution in [3.05, 3.63) is 36.8 Å². The van der Waals surface area contributed by atoms with Gasteiger partial charge in [-0.05, 0) is 46.0 Å². The van der Waals surface area contributed by atoms with E-state index in [1.165, 1.54) is 16.8 Å². The number of amides is 3. The number of nitrogens with one attached hydrogen (secondary N) is 3. The summed E-state index contributed by atoms with van der Waals surface area (Å²) in [4.78, 5) is 36.9. The number of sulfonamides is 1. The van der Waals surface area contributed by atoms with Gasteiger partial charge < -0.3 is 15.1 Å². The molecule has 14 heteroatoms. The Labute approximate surface area is 215 Å². The molecule has 1 aliphatic rings. The Kier molecular flexibility index (Phi) is 7.43. The quantitative estimate of drug-likeness (QED) is 0.423. The normalized spacial score (nSPS) is 15.1. The number of rotatable bonds is 6. The fourth-order valence-electron chi connectivity index (χ4n) is 3.76. The second-order valence-corrected chi connectivity index (χ2v) is 11.6. The molecular weight excluding hydrogens is 498 g/mol. The number of likely N-dealkylation sites (N-methyl/N-ethyl adjacent to an activating group) is 1. The molecule has 4 rings (SSSR count). The molecule has 0 aromatic carbocycles. The summed E-state index contributed by atoms with van der Waals surface area (Å²) in [6.45, 7) is 8.03. The molecule has 0 spiro atoms. The van der Waals surface area contributed by atoms with Crippen LogP contribution in [-0.2, 0) is 14.8 Å². The minimum atomic E-state index is -3.75. The van der Waals surface area contributed by atoms with Gasteiger partial charge >= 0.3 is 6.03 Å². The van der Waals surface area contributed by atoms with Crippen LogP contribution < -0.4 is 15.4 Å². The van der Waals surface area contributed by atoms with E-state index in [0.717, 1.165) is 13.1 Å². The zero-order valence-corrected chi connectivity index (χ0v) is 22.0. The predicted molar refractivity (Wildman–Crippen MR) is 137 cm³/mol. The first-order valence-corrected chi connectivity index (χ1v) is 13.2. The van der Waals surface area contributed by atoms with Crippen LogP contribution in [0.3, 0.4) is 0 Å². The van der Waals surface area contributed by atoms with Crippen LogP contribution in [0.4, 0.5) is 10.7 Å². The number of hydrogen-bond acceptors (Lipinski definition) is 8. The molecule has 1 aliphatic heterocycles. The fraction of sp³-hybridized carbons (Fsp3) is 0.435. The van der Waals surface area contributed by atoms with Gasteiger partial charge in [0, 0.05) is 61.4 Å². The van der Waals surface area contributed by atoms with Crippen LogP contribution in [0.1, 0.15) is 20.8 Å². The van der Waals surface area contributed by atoms with E-state index >= 15 is 0 Å².